The van der Waals surface area contributed by atoms with E-state index in [-0.39, 0.29) is 17.2 Å². The van der Waals surface area contributed by atoms with Gasteiger partial charge in [-0.05, 0) is 59.1 Å². The van der Waals surface area contributed by atoms with Crippen LogP contribution in [0, 0.1) is 6.92 Å². The lowest BCUT2D eigenvalue weighted by Gasteiger charge is -2.10. The molecule has 0 aliphatic carbocycles. The van der Waals surface area contributed by atoms with Crippen molar-refractivity contribution in [2.24, 2.45) is 0 Å². The number of nitrogens with one attached hydrogen (secondary N) is 1. The van der Waals surface area contributed by atoms with Gasteiger partial charge in [0.05, 0.1) is 27.4 Å². The number of nitrogens with zero attached hydrogens (tertiary/aromatic N) is 2. The van der Waals surface area contributed by atoms with E-state index in [1.54, 1.807) is 12.1 Å². The maximum atomic E-state index is 12.2. The van der Waals surface area contributed by atoms with E-state index in [0.29, 0.717) is 11.0 Å². The summed E-state index contributed by atoms with van der Waals surface area (Å²) in [5.41, 5.74) is 3.25. The van der Waals surface area contributed by atoms with E-state index in [1.807, 2.05) is 37.5 Å². The van der Waals surface area contributed by atoms with Crippen LogP contribution in [-0.4, -0.2) is 27.1 Å². The number of aromatic nitrogens is 2. The standard InChI is InChI=1S/C18H18BrN3O2/c1-12-9-13(17(23)14(19)10-12)18(24)20-7-4-8-22-11-21-15-5-2-3-6-16(15)22/h2-3,5-6,9-11,23H,4,7-8H2,1H3,(H,20,24). The number of para-hydroxylation sites is 2. The molecule has 124 valence electrons. The van der Waals surface area contributed by atoms with E-state index >= 15 is 0 Å². The van der Waals surface area contributed by atoms with Gasteiger partial charge in [-0.3, -0.25) is 4.79 Å². The molecule has 6 heteroatoms. The number of hydrogen-bond acceptors (Lipinski definition) is 3. The van der Waals surface area contributed by atoms with Gasteiger partial charge in [-0.1, -0.05) is 12.1 Å². The maximum absolute atomic E-state index is 12.2. The molecule has 2 aromatic carbocycles. The first-order chi connectivity index (χ1) is 11.6. The van der Waals surface area contributed by atoms with Crippen LogP contribution in [-0.2, 0) is 6.54 Å². The van der Waals surface area contributed by atoms with E-state index in [9.17, 15) is 9.90 Å². The average molecular weight is 388 g/mol. The minimum Gasteiger partial charge on any atom is -0.506 e. The van der Waals surface area contributed by atoms with E-state index in [2.05, 4.69) is 30.8 Å². The van der Waals surface area contributed by atoms with Gasteiger partial charge in [0.15, 0.2) is 0 Å². The normalized spacial score (nSPS) is 10.9. The lowest BCUT2D eigenvalue weighted by Crippen LogP contribution is -2.25. The second kappa shape index (κ2) is 7.05. The number of phenolic OH excluding ortho intramolecular Hbond substituents is 1. The zero-order valence-corrected chi connectivity index (χ0v) is 14.9. The molecule has 1 aromatic heterocycles. The Hall–Kier alpha value is -2.34. The van der Waals surface area contributed by atoms with E-state index in [1.165, 1.54) is 0 Å². The molecule has 0 radical (unpaired) electrons. The predicted octanol–water partition coefficient (Wildman–Crippen LogP) is 3.63. The van der Waals surface area contributed by atoms with Gasteiger partial charge in [0, 0.05) is 13.1 Å². The van der Waals surface area contributed by atoms with E-state index < -0.39 is 0 Å². The zero-order chi connectivity index (χ0) is 17.1. The maximum Gasteiger partial charge on any atom is 0.255 e. The Morgan fingerprint density at radius 2 is 2.12 bits per heavy atom. The van der Waals surface area contributed by atoms with Crippen LogP contribution in [0.2, 0.25) is 0 Å². The molecular weight excluding hydrogens is 370 g/mol. The number of aryl methyl sites for hydroxylation is 2. The molecule has 3 aromatic rings. The summed E-state index contributed by atoms with van der Waals surface area (Å²) in [6.45, 7) is 3.17. The third-order valence-corrected chi connectivity index (χ3v) is 4.45. The second-order valence-electron chi connectivity index (χ2n) is 5.68. The van der Waals surface area contributed by atoms with Crippen molar-refractivity contribution >= 4 is 32.9 Å². The summed E-state index contributed by atoms with van der Waals surface area (Å²) in [5, 5.41) is 12.8. The van der Waals surface area contributed by atoms with Gasteiger partial charge >= 0.3 is 0 Å². The molecule has 1 heterocycles. The molecule has 0 unspecified atom stereocenters. The summed E-state index contributed by atoms with van der Waals surface area (Å²) < 4.78 is 2.60. The number of halogens is 1. The summed E-state index contributed by atoms with van der Waals surface area (Å²) in [5.74, 6) is -0.300. The molecule has 0 fully saturated rings. The number of imidazole rings is 1. The van der Waals surface area contributed by atoms with Gasteiger partial charge in [-0.25, -0.2) is 4.98 Å². The Labute approximate surface area is 148 Å². The summed E-state index contributed by atoms with van der Waals surface area (Å²) in [6, 6.07) is 11.4. The number of hydrogen-bond donors (Lipinski definition) is 2. The minimum atomic E-state index is -0.271. The van der Waals surface area contributed by atoms with Crippen molar-refractivity contribution in [2.75, 3.05) is 6.54 Å². The van der Waals surface area contributed by atoms with Gasteiger partial charge in [-0.2, -0.15) is 0 Å². The highest BCUT2D eigenvalue weighted by Crippen LogP contribution is 2.29. The molecule has 3 rings (SSSR count). The number of carbonyl (C=O) groups is 1. The second-order valence-corrected chi connectivity index (χ2v) is 6.53. The number of rotatable bonds is 5. The number of benzene rings is 2. The Kier molecular flexibility index (Phi) is 4.85. The molecule has 0 spiro atoms. The average Bonchev–Trinajstić information content (AvgIpc) is 2.98. The molecule has 2 N–H and O–H groups in total. The quantitative estimate of drug-likeness (QED) is 0.656. The van der Waals surface area contributed by atoms with Crippen molar-refractivity contribution in [3.05, 3.63) is 58.3 Å². The van der Waals surface area contributed by atoms with Crippen LogP contribution in [0.5, 0.6) is 5.75 Å². The Morgan fingerprint density at radius 1 is 1.33 bits per heavy atom. The topological polar surface area (TPSA) is 67.2 Å². The van der Waals surface area contributed by atoms with Crippen molar-refractivity contribution in [1.82, 2.24) is 14.9 Å². The molecule has 0 atom stereocenters. The molecule has 0 saturated carbocycles. The largest absolute Gasteiger partial charge is 0.506 e. The van der Waals surface area contributed by atoms with E-state index in [0.717, 1.165) is 29.6 Å². The van der Waals surface area contributed by atoms with Crippen LogP contribution >= 0.6 is 15.9 Å². The Morgan fingerprint density at radius 3 is 2.96 bits per heavy atom. The molecule has 0 bridgehead atoms. The van der Waals surface area contributed by atoms with Gasteiger partial charge < -0.3 is 15.0 Å². The van der Waals surface area contributed by atoms with Crippen molar-refractivity contribution in [3.63, 3.8) is 0 Å². The first-order valence-electron chi connectivity index (χ1n) is 7.73. The van der Waals surface area contributed by atoms with Crippen molar-refractivity contribution in [1.29, 1.82) is 0 Å². The lowest BCUT2D eigenvalue weighted by molar-refractivity contribution is 0.0950. The first kappa shape index (κ1) is 16.5. The summed E-state index contributed by atoms with van der Waals surface area (Å²) in [6.07, 6.45) is 2.59. The van der Waals surface area contributed by atoms with Gasteiger partial charge in [0.25, 0.3) is 5.91 Å². The van der Waals surface area contributed by atoms with Crippen LogP contribution in [0.4, 0.5) is 0 Å². The monoisotopic (exact) mass is 387 g/mol. The number of fused-ring (bicyclic) bond motifs is 1. The molecule has 0 aliphatic rings. The SMILES string of the molecule is Cc1cc(Br)c(O)c(C(=O)NCCCn2cnc3ccccc32)c1. The lowest BCUT2D eigenvalue weighted by atomic mass is 10.1. The number of aromatic hydroxyl groups is 1. The predicted molar refractivity (Wildman–Crippen MR) is 97.2 cm³/mol. The van der Waals surface area contributed by atoms with Crippen molar-refractivity contribution < 1.29 is 9.90 Å². The molecule has 1 amide bonds. The zero-order valence-electron chi connectivity index (χ0n) is 13.3. The van der Waals surface area contributed by atoms with Gasteiger partial charge in [0.2, 0.25) is 0 Å². The Bertz CT molecular complexity index is 889. The number of carbonyl (C=O) groups excluding carboxylic acids is 1. The Balaban J connectivity index is 1.58. The van der Waals surface area contributed by atoms with Crippen LogP contribution in [0.1, 0.15) is 22.3 Å². The van der Waals surface area contributed by atoms with Gasteiger partial charge in [0.1, 0.15) is 5.75 Å². The molecular formula is C18H18BrN3O2. The van der Waals surface area contributed by atoms with Crippen LogP contribution in [0.3, 0.4) is 0 Å². The van der Waals surface area contributed by atoms with E-state index in [4.69, 9.17) is 0 Å². The smallest absolute Gasteiger partial charge is 0.255 e. The first-order valence-corrected chi connectivity index (χ1v) is 8.53. The molecule has 24 heavy (non-hydrogen) atoms. The third kappa shape index (κ3) is 3.43. The molecule has 5 nitrogen and oxygen atoms in total. The van der Waals surface area contributed by atoms with Crippen LogP contribution in [0.25, 0.3) is 11.0 Å². The minimum absolute atomic E-state index is 0.0290. The fourth-order valence-corrected chi connectivity index (χ4v) is 3.22. The fourth-order valence-electron chi connectivity index (χ4n) is 2.64. The summed E-state index contributed by atoms with van der Waals surface area (Å²) in [4.78, 5) is 16.6. The molecule has 0 saturated heterocycles. The van der Waals surface area contributed by atoms with Crippen molar-refractivity contribution in [3.8, 4) is 5.75 Å². The summed E-state index contributed by atoms with van der Waals surface area (Å²) in [7, 11) is 0. The molecule has 0 aliphatic heterocycles. The van der Waals surface area contributed by atoms with Gasteiger partial charge in [-0.15, -0.1) is 0 Å². The highest BCUT2D eigenvalue weighted by molar-refractivity contribution is 9.10. The van der Waals surface area contributed by atoms with Crippen molar-refractivity contribution in [2.45, 2.75) is 19.9 Å². The number of phenols is 1. The van der Waals surface area contributed by atoms with Crippen LogP contribution < -0.4 is 5.32 Å². The van der Waals surface area contributed by atoms with Crippen LogP contribution in [0.15, 0.2) is 47.2 Å². The fraction of sp³-hybridized carbons (Fsp3) is 0.222. The highest BCUT2D eigenvalue weighted by atomic mass is 79.9. The highest BCUT2D eigenvalue weighted by Gasteiger charge is 2.14. The summed E-state index contributed by atoms with van der Waals surface area (Å²) >= 11 is 3.26. The third-order valence-electron chi connectivity index (χ3n) is 3.84. The number of amides is 1.